The molecular formula is C24H24N4O4. The number of aromatic nitrogens is 2. The minimum absolute atomic E-state index is 0.0991. The van der Waals surface area contributed by atoms with Crippen LogP contribution >= 0.6 is 0 Å². The zero-order valence-corrected chi connectivity index (χ0v) is 17.8. The second-order valence-corrected chi connectivity index (χ2v) is 8.04. The number of rotatable bonds is 5. The first kappa shape index (κ1) is 20.3. The fourth-order valence-corrected chi connectivity index (χ4v) is 4.17. The first-order valence-electron chi connectivity index (χ1n) is 10.6. The molecule has 32 heavy (non-hydrogen) atoms. The molecule has 0 bridgehead atoms. The largest absolute Gasteiger partial charge is 0.454 e. The molecule has 3 aromatic rings. The molecule has 0 fully saturated rings. The Morgan fingerprint density at radius 2 is 1.94 bits per heavy atom. The Balaban J connectivity index is 1.32. The van der Waals surface area contributed by atoms with Gasteiger partial charge < -0.3 is 14.8 Å². The molecule has 3 heterocycles. The average Bonchev–Trinajstić information content (AvgIpc) is 3.26. The summed E-state index contributed by atoms with van der Waals surface area (Å²) in [6.45, 7) is 3.99. The van der Waals surface area contributed by atoms with Crippen LogP contribution in [0, 0.1) is 6.92 Å². The van der Waals surface area contributed by atoms with Crippen LogP contribution in [0.15, 0.2) is 53.3 Å². The van der Waals surface area contributed by atoms with Crippen molar-refractivity contribution in [3.63, 3.8) is 0 Å². The number of carbonyl (C=O) groups is 1. The number of hydrogen-bond acceptors (Lipinski definition) is 6. The molecular weight excluding hydrogens is 408 g/mol. The number of anilines is 1. The Hall–Kier alpha value is -3.65. The molecule has 8 nitrogen and oxygen atoms in total. The van der Waals surface area contributed by atoms with Crippen molar-refractivity contribution in [2.24, 2.45) is 0 Å². The second-order valence-electron chi connectivity index (χ2n) is 8.04. The van der Waals surface area contributed by atoms with E-state index in [0.29, 0.717) is 35.1 Å². The third-order valence-electron chi connectivity index (χ3n) is 5.79. The monoisotopic (exact) mass is 432 g/mol. The quantitative estimate of drug-likeness (QED) is 0.667. The van der Waals surface area contributed by atoms with E-state index in [2.05, 4.69) is 27.3 Å². The molecule has 5 rings (SSSR count). The van der Waals surface area contributed by atoms with E-state index in [0.717, 1.165) is 25.2 Å². The zero-order valence-electron chi connectivity index (χ0n) is 17.8. The van der Waals surface area contributed by atoms with Gasteiger partial charge in [0.15, 0.2) is 11.5 Å². The molecule has 1 amide bonds. The predicted molar refractivity (Wildman–Crippen MR) is 119 cm³/mol. The Labute approximate surface area is 185 Å². The average molecular weight is 432 g/mol. The van der Waals surface area contributed by atoms with Gasteiger partial charge in [-0.05, 0) is 24.6 Å². The SMILES string of the molecule is Cc1nc2c(c(=O)n1CC(=O)Nc1ccc3c(c1)OCO3)CN(Cc1ccccc1)CC2. The number of ether oxygens (including phenoxy) is 2. The van der Waals surface area contributed by atoms with Crippen LogP contribution in [-0.4, -0.2) is 33.7 Å². The van der Waals surface area contributed by atoms with E-state index >= 15 is 0 Å². The third kappa shape index (κ3) is 4.09. The lowest BCUT2D eigenvalue weighted by atomic mass is 10.1. The molecule has 2 aliphatic rings. The molecule has 0 aliphatic carbocycles. The van der Waals surface area contributed by atoms with Crippen LogP contribution in [0.1, 0.15) is 22.6 Å². The molecule has 0 saturated heterocycles. The number of carbonyl (C=O) groups excluding carboxylic acids is 1. The highest BCUT2D eigenvalue weighted by Crippen LogP contribution is 2.34. The molecule has 1 N–H and O–H groups in total. The van der Waals surface area contributed by atoms with E-state index in [1.165, 1.54) is 10.1 Å². The van der Waals surface area contributed by atoms with Gasteiger partial charge in [-0.25, -0.2) is 4.98 Å². The lowest BCUT2D eigenvalue weighted by molar-refractivity contribution is -0.116. The molecule has 164 valence electrons. The van der Waals surface area contributed by atoms with Gasteiger partial charge in [0.2, 0.25) is 12.7 Å². The minimum Gasteiger partial charge on any atom is -0.454 e. The van der Waals surface area contributed by atoms with E-state index in [1.807, 2.05) is 18.2 Å². The molecule has 1 aromatic heterocycles. The summed E-state index contributed by atoms with van der Waals surface area (Å²) >= 11 is 0. The highest BCUT2D eigenvalue weighted by molar-refractivity contribution is 5.91. The highest BCUT2D eigenvalue weighted by atomic mass is 16.7. The number of fused-ring (bicyclic) bond motifs is 2. The normalized spacial score (nSPS) is 14.8. The van der Waals surface area contributed by atoms with Crippen LogP contribution in [-0.2, 0) is 30.8 Å². The molecule has 0 atom stereocenters. The van der Waals surface area contributed by atoms with E-state index in [9.17, 15) is 9.59 Å². The van der Waals surface area contributed by atoms with Gasteiger partial charge in [-0.15, -0.1) is 0 Å². The first-order valence-corrected chi connectivity index (χ1v) is 10.6. The van der Waals surface area contributed by atoms with E-state index < -0.39 is 0 Å². The maximum atomic E-state index is 13.3. The lowest BCUT2D eigenvalue weighted by Gasteiger charge is -2.28. The second kappa shape index (κ2) is 8.47. The smallest absolute Gasteiger partial charge is 0.258 e. The maximum absolute atomic E-state index is 13.3. The number of nitrogens with one attached hydrogen (secondary N) is 1. The first-order chi connectivity index (χ1) is 15.6. The van der Waals surface area contributed by atoms with Crippen LogP contribution < -0.4 is 20.3 Å². The Morgan fingerprint density at radius 1 is 1.12 bits per heavy atom. The minimum atomic E-state index is -0.298. The molecule has 0 saturated carbocycles. The van der Waals surface area contributed by atoms with Crippen molar-refractivity contribution < 1.29 is 14.3 Å². The summed E-state index contributed by atoms with van der Waals surface area (Å²) < 4.78 is 12.1. The Morgan fingerprint density at radius 3 is 2.78 bits per heavy atom. The van der Waals surface area contributed by atoms with Gasteiger partial charge in [-0.2, -0.15) is 0 Å². The van der Waals surface area contributed by atoms with Crippen molar-refractivity contribution in [3.8, 4) is 11.5 Å². The summed E-state index contributed by atoms with van der Waals surface area (Å²) in [5.74, 6) is 1.48. The standard InChI is InChI=1S/C24H24N4O4/c1-16-25-20-9-10-27(12-17-5-3-2-4-6-17)13-19(20)24(30)28(16)14-23(29)26-18-7-8-21-22(11-18)32-15-31-21/h2-8,11H,9-10,12-15H2,1H3,(H,26,29). The summed E-state index contributed by atoms with van der Waals surface area (Å²) in [6, 6.07) is 15.4. The number of benzene rings is 2. The fourth-order valence-electron chi connectivity index (χ4n) is 4.17. The van der Waals surface area contributed by atoms with E-state index in [4.69, 9.17) is 9.47 Å². The number of hydrogen-bond donors (Lipinski definition) is 1. The van der Waals surface area contributed by atoms with Gasteiger partial charge in [-0.3, -0.25) is 19.1 Å². The van der Waals surface area contributed by atoms with Crippen molar-refractivity contribution in [1.29, 1.82) is 0 Å². The predicted octanol–water partition coefficient (Wildman–Crippen LogP) is 2.48. The molecule has 8 heteroatoms. The number of nitrogens with zero attached hydrogens (tertiary/aromatic N) is 3. The van der Waals surface area contributed by atoms with Crippen LogP contribution in [0.4, 0.5) is 5.69 Å². The van der Waals surface area contributed by atoms with Gasteiger partial charge in [0, 0.05) is 37.8 Å². The van der Waals surface area contributed by atoms with Crippen LogP contribution in [0.2, 0.25) is 0 Å². The van der Waals surface area contributed by atoms with Crippen LogP contribution in [0.25, 0.3) is 0 Å². The van der Waals surface area contributed by atoms with E-state index in [1.54, 1.807) is 25.1 Å². The van der Waals surface area contributed by atoms with Crippen molar-refractivity contribution in [2.45, 2.75) is 33.0 Å². The van der Waals surface area contributed by atoms with Gasteiger partial charge in [0.05, 0.1) is 11.3 Å². The highest BCUT2D eigenvalue weighted by Gasteiger charge is 2.23. The van der Waals surface area contributed by atoms with Crippen LogP contribution in [0.5, 0.6) is 11.5 Å². The van der Waals surface area contributed by atoms with Gasteiger partial charge in [0.1, 0.15) is 12.4 Å². The van der Waals surface area contributed by atoms with E-state index in [-0.39, 0.29) is 24.8 Å². The lowest BCUT2D eigenvalue weighted by Crippen LogP contribution is -2.39. The summed E-state index contributed by atoms with van der Waals surface area (Å²) in [7, 11) is 0. The number of amides is 1. The van der Waals surface area contributed by atoms with Crippen molar-refractivity contribution >= 4 is 11.6 Å². The summed E-state index contributed by atoms with van der Waals surface area (Å²) in [6.07, 6.45) is 0.725. The van der Waals surface area contributed by atoms with Gasteiger partial charge in [-0.1, -0.05) is 30.3 Å². The van der Waals surface area contributed by atoms with Crippen molar-refractivity contribution in [1.82, 2.24) is 14.5 Å². The molecule has 2 aliphatic heterocycles. The molecule has 2 aromatic carbocycles. The zero-order chi connectivity index (χ0) is 22.1. The summed E-state index contributed by atoms with van der Waals surface area (Å²) in [5.41, 5.74) is 3.16. The third-order valence-corrected chi connectivity index (χ3v) is 5.79. The Bertz CT molecular complexity index is 1220. The Kier molecular flexibility index (Phi) is 5.36. The molecule has 0 unspecified atom stereocenters. The molecule has 0 radical (unpaired) electrons. The molecule has 0 spiro atoms. The topological polar surface area (TPSA) is 85.7 Å². The van der Waals surface area contributed by atoms with Gasteiger partial charge >= 0.3 is 0 Å². The van der Waals surface area contributed by atoms with Crippen molar-refractivity contribution in [2.75, 3.05) is 18.7 Å². The summed E-state index contributed by atoms with van der Waals surface area (Å²) in [4.78, 5) is 32.8. The van der Waals surface area contributed by atoms with Gasteiger partial charge in [0.25, 0.3) is 5.56 Å². The number of aryl methyl sites for hydroxylation is 1. The van der Waals surface area contributed by atoms with Crippen LogP contribution in [0.3, 0.4) is 0 Å². The maximum Gasteiger partial charge on any atom is 0.258 e. The fraction of sp³-hybridized carbons (Fsp3) is 0.292. The van der Waals surface area contributed by atoms with Crippen molar-refractivity contribution in [3.05, 3.63) is 81.5 Å². The summed E-state index contributed by atoms with van der Waals surface area (Å²) in [5, 5.41) is 2.82.